The summed E-state index contributed by atoms with van der Waals surface area (Å²) >= 11 is 1.87. The summed E-state index contributed by atoms with van der Waals surface area (Å²) in [6.45, 7) is 3.02. The van der Waals surface area contributed by atoms with Crippen molar-refractivity contribution in [2.24, 2.45) is 4.99 Å². The zero-order chi connectivity index (χ0) is 8.67. The Bertz CT molecular complexity index is 367. The van der Waals surface area contributed by atoms with E-state index in [1.807, 2.05) is 11.3 Å². The average molecular weight is 193 g/mol. The molecule has 68 valence electrons. The summed E-state index contributed by atoms with van der Waals surface area (Å²) in [5.41, 5.74) is 2.98. The second kappa shape index (κ2) is 2.82. The predicted molar refractivity (Wildman–Crippen MR) is 55.5 cm³/mol. The number of nitrogens with one attached hydrogen (secondary N) is 2. The molecule has 3 nitrogen and oxygen atoms in total. The highest BCUT2D eigenvalue weighted by atomic mass is 32.1. The van der Waals surface area contributed by atoms with Gasteiger partial charge in [0.25, 0.3) is 0 Å². The van der Waals surface area contributed by atoms with Gasteiger partial charge < -0.3 is 10.6 Å². The summed E-state index contributed by atoms with van der Waals surface area (Å²) < 4.78 is 0. The molecule has 2 N–H and O–H groups in total. The molecule has 0 unspecified atom stereocenters. The Kier molecular flexibility index (Phi) is 1.63. The van der Waals surface area contributed by atoms with Crippen molar-refractivity contribution in [1.29, 1.82) is 0 Å². The third-order valence-electron chi connectivity index (χ3n) is 2.57. The van der Waals surface area contributed by atoms with Crippen LogP contribution < -0.4 is 10.6 Å². The van der Waals surface area contributed by atoms with Gasteiger partial charge in [-0.1, -0.05) is 0 Å². The Morgan fingerprint density at radius 1 is 1.38 bits per heavy atom. The lowest BCUT2D eigenvalue weighted by Crippen LogP contribution is -2.22. The van der Waals surface area contributed by atoms with Crippen molar-refractivity contribution in [3.8, 4) is 0 Å². The molecular weight excluding hydrogens is 182 g/mol. The van der Waals surface area contributed by atoms with Gasteiger partial charge in [0.15, 0.2) is 0 Å². The van der Waals surface area contributed by atoms with Gasteiger partial charge in [-0.05, 0) is 18.5 Å². The molecule has 4 heteroatoms. The van der Waals surface area contributed by atoms with Gasteiger partial charge >= 0.3 is 0 Å². The molecule has 3 heterocycles. The minimum absolute atomic E-state index is 0.869. The molecule has 0 aliphatic carbocycles. The normalized spacial score (nSPS) is 19.1. The second-order valence-electron chi connectivity index (χ2n) is 3.35. The van der Waals surface area contributed by atoms with E-state index in [2.05, 4.69) is 15.6 Å². The van der Waals surface area contributed by atoms with Gasteiger partial charge in [0, 0.05) is 17.0 Å². The van der Waals surface area contributed by atoms with Gasteiger partial charge in [-0.15, -0.1) is 11.3 Å². The number of hydrogen-bond acceptors (Lipinski definition) is 4. The summed E-state index contributed by atoms with van der Waals surface area (Å²) in [7, 11) is 0. The minimum atomic E-state index is 0.869. The van der Waals surface area contributed by atoms with Crippen molar-refractivity contribution in [3.05, 3.63) is 16.0 Å². The smallest absolute Gasteiger partial charge is 0.0991 e. The zero-order valence-corrected chi connectivity index (χ0v) is 8.08. The van der Waals surface area contributed by atoms with Crippen LogP contribution in [-0.2, 0) is 19.5 Å². The quantitative estimate of drug-likeness (QED) is 0.652. The molecule has 13 heavy (non-hydrogen) atoms. The lowest BCUT2D eigenvalue weighted by atomic mass is 10.0. The fourth-order valence-corrected chi connectivity index (χ4v) is 3.12. The van der Waals surface area contributed by atoms with E-state index in [0.29, 0.717) is 0 Å². The van der Waals surface area contributed by atoms with Crippen LogP contribution in [0.2, 0.25) is 0 Å². The first kappa shape index (κ1) is 7.53. The Hall–Kier alpha value is -0.870. The van der Waals surface area contributed by atoms with Gasteiger partial charge in [-0.3, -0.25) is 4.99 Å². The predicted octanol–water partition coefficient (Wildman–Crippen LogP) is 1.35. The van der Waals surface area contributed by atoms with Gasteiger partial charge in [0.1, 0.15) is 0 Å². The number of fused-ring (bicyclic) bond motifs is 3. The fourth-order valence-electron chi connectivity index (χ4n) is 1.93. The number of anilines is 1. The van der Waals surface area contributed by atoms with E-state index in [1.165, 1.54) is 21.9 Å². The number of thiophene rings is 1. The molecule has 2 aliphatic heterocycles. The molecule has 2 aliphatic rings. The van der Waals surface area contributed by atoms with Gasteiger partial charge in [0.05, 0.1) is 17.9 Å². The first-order chi connectivity index (χ1) is 6.45. The highest BCUT2D eigenvalue weighted by Gasteiger charge is 2.20. The van der Waals surface area contributed by atoms with E-state index in [-0.39, 0.29) is 0 Å². The van der Waals surface area contributed by atoms with Crippen LogP contribution >= 0.6 is 11.3 Å². The molecule has 0 aromatic carbocycles. The number of rotatable bonds is 0. The van der Waals surface area contributed by atoms with E-state index in [1.54, 1.807) is 11.9 Å². The molecule has 0 amide bonds. The Morgan fingerprint density at radius 3 is 3.38 bits per heavy atom. The van der Waals surface area contributed by atoms with Gasteiger partial charge in [-0.2, -0.15) is 0 Å². The zero-order valence-electron chi connectivity index (χ0n) is 7.26. The van der Waals surface area contributed by atoms with Crippen molar-refractivity contribution < 1.29 is 0 Å². The monoisotopic (exact) mass is 193 g/mol. The standard InChI is InChI=1S/C9H11N3S/c1-2-10-4-8-6(1)7-3-11-5-12-9(7)13-8/h5,10H,1-4H2,(H,11,12). The first-order valence-corrected chi connectivity index (χ1v) is 5.36. The van der Waals surface area contributed by atoms with Crippen molar-refractivity contribution in [1.82, 2.24) is 5.32 Å². The van der Waals surface area contributed by atoms with Gasteiger partial charge in [0.2, 0.25) is 0 Å². The third-order valence-corrected chi connectivity index (χ3v) is 3.78. The maximum absolute atomic E-state index is 4.25. The molecule has 1 aromatic rings. The van der Waals surface area contributed by atoms with E-state index in [4.69, 9.17) is 0 Å². The van der Waals surface area contributed by atoms with Crippen molar-refractivity contribution in [3.63, 3.8) is 0 Å². The van der Waals surface area contributed by atoms with E-state index >= 15 is 0 Å². The summed E-state index contributed by atoms with van der Waals surface area (Å²) in [5.74, 6) is 0. The molecule has 0 spiro atoms. The highest BCUT2D eigenvalue weighted by molar-refractivity contribution is 7.16. The minimum Gasteiger partial charge on any atom is -0.338 e. The van der Waals surface area contributed by atoms with Gasteiger partial charge in [-0.25, -0.2) is 0 Å². The van der Waals surface area contributed by atoms with Crippen LogP contribution in [0, 0.1) is 0 Å². The number of nitrogens with zero attached hydrogens (tertiary/aromatic N) is 1. The van der Waals surface area contributed by atoms with Crippen LogP contribution in [-0.4, -0.2) is 12.9 Å². The van der Waals surface area contributed by atoms with Crippen molar-refractivity contribution >= 4 is 22.7 Å². The highest BCUT2D eigenvalue weighted by Crippen LogP contribution is 2.36. The molecule has 0 saturated heterocycles. The van der Waals surface area contributed by atoms with E-state index in [9.17, 15) is 0 Å². The molecule has 0 saturated carbocycles. The topological polar surface area (TPSA) is 36.4 Å². The Balaban J connectivity index is 2.11. The lowest BCUT2D eigenvalue weighted by Gasteiger charge is -2.14. The largest absolute Gasteiger partial charge is 0.338 e. The molecule has 3 rings (SSSR count). The molecule has 1 aromatic heterocycles. The van der Waals surface area contributed by atoms with Crippen LogP contribution in [0.5, 0.6) is 0 Å². The van der Waals surface area contributed by atoms with E-state index < -0.39 is 0 Å². The summed E-state index contributed by atoms with van der Waals surface area (Å²) in [6, 6.07) is 0. The lowest BCUT2D eigenvalue weighted by molar-refractivity contribution is 0.650. The number of aliphatic imine (C=N–C) groups is 1. The van der Waals surface area contributed by atoms with E-state index in [0.717, 1.165) is 19.6 Å². The maximum atomic E-state index is 4.25. The van der Waals surface area contributed by atoms with Crippen molar-refractivity contribution in [2.75, 3.05) is 11.9 Å². The van der Waals surface area contributed by atoms with Crippen LogP contribution in [0.25, 0.3) is 0 Å². The molecule has 0 radical (unpaired) electrons. The molecule has 0 fully saturated rings. The molecular formula is C9H11N3S. The van der Waals surface area contributed by atoms with Crippen LogP contribution in [0.15, 0.2) is 4.99 Å². The Labute approximate surface area is 80.9 Å². The number of hydrogen-bond donors (Lipinski definition) is 2. The third kappa shape index (κ3) is 1.09. The fraction of sp³-hybridized carbons (Fsp3) is 0.444. The molecule has 0 atom stereocenters. The SMILES string of the molecule is C1=NCc2c(sc3c2CCNC3)N1. The summed E-state index contributed by atoms with van der Waals surface area (Å²) in [4.78, 5) is 5.74. The Morgan fingerprint density at radius 2 is 2.38 bits per heavy atom. The summed E-state index contributed by atoms with van der Waals surface area (Å²) in [6.07, 6.45) is 2.97. The summed E-state index contributed by atoms with van der Waals surface area (Å²) in [5, 5.41) is 7.92. The average Bonchev–Trinajstić information content (AvgIpc) is 2.56. The van der Waals surface area contributed by atoms with Crippen LogP contribution in [0.4, 0.5) is 5.00 Å². The van der Waals surface area contributed by atoms with Crippen molar-refractivity contribution in [2.45, 2.75) is 19.5 Å². The maximum Gasteiger partial charge on any atom is 0.0991 e. The second-order valence-corrected chi connectivity index (χ2v) is 4.46. The van der Waals surface area contributed by atoms with Crippen LogP contribution in [0.1, 0.15) is 16.0 Å². The first-order valence-electron chi connectivity index (χ1n) is 4.54. The van der Waals surface area contributed by atoms with Crippen LogP contribution in [0.3, 0.4) is 0 Å². The molecule has 0 bridgehead atoms.